The number of hydrogen-bond acceptors (Lipinski definition) is 2. The van der Waals surface area contributed by atoms with Crippen LogP contribution >= 0.6 is 11.6 Å². The molecule has 1 unspecified atom stereocenters. The molecule has 2 aromatic carbocycles. The van der Waals surface area contributed by atoms with Gasteiger partial charge in [-0.15, -0.1) is 0 Å². The number of anilines is 1. The summed E-state index contributed by atoms with van der Waals surface area (Å²) >= 11 is 5.61. The number of aliphatic hydroxyl groups excluding tert-OH is 1. The van der Waals surface area contributed by atoms with Gasteiger partial charge in [-0.25, -0.2) is 13.2 Å². The van der Waals surface area contributed by atoms with E-state index in [2.05, 4.69) is 5.32 Å². The summed E-state index contributed by atoms with van der Waals surface area (Å²) in [5, 5.41) is 12.7. The zero-order valence-corrected chi connectivity index (χ0v) is 11.0. The van der Waals surface area contributed by atoms with Crippen LogP contribution in [0.2, 0.25) is 5.02 Å². The van der Waals surface area contributed by atoms with E-state index in [1.54, 1.807) is 0 Å². The van der Waals surface area contributed by atoms with E-state index in [0.29, 0.717) is 6.07 Å². The largest absolute Gasteiger partial charge is 0.386 e. The van der Waals surface area contributed by atoms with E-state index in [1.165, 1.54) is 12.1 Å². The van der Waals surface area contributed by atoms with Gasteiger partial charge in [-0.3, -0.25) is 0 Å². The second-order valence-corrected chi connectivity index (χ2v) is 4.62. The predicted octanol–water partition coefficient (Wildman–Crippen LogP) is 3.90. The molecule has 0 aliphatic rings. The first kappa shape index (κ1) is 14.7. The van der Waals surface area contributed by atoms with Crippen LogP contribution < -0.4 is 5.32 Å². The molecular weight excluding hydrogens is 291 g/mol. The van der Waals surface area contributed by atoms with Crippen LogP contribution in [0.3, 0.4) is 0 Å². The number of nitrogens with one attached hydrogen (secondary N) is 1. The van der Waals surface area contributed by atoms with Gasteiger partial charge in [-0.05, 0) is 24.3 Å². The maximum absolute atomic E-state index is 13.5. The first-order chi connectivity index (χ1) is 9.47. The van der Waals surface area contributed by atoms with Crippen LogP contribution in [0.25, 0.3) is 0 Å². The fraction of sp³-hybridized carbons (Fsp3) is 0.143. The molecular formula is C14H11ClF3NO. The minimum Gasteiger partial charge on any atom is -0.386 e. The quantitative estimate of drug-likeness (QED) is 0.897. The molecule has 20 heavy (non-hydrogen) atoms. The minimum absolute atomic E-state index is 0.0618. The summed E-state index contributed by atoms with van der Waals surface area (Å²) in [6.45, 7) is -0.124. The van der Waals surface area contributed by atoms with Gasteiger partial charge in [-0.1, -0.05) is 17.7 Å². The Morgan fingerprint density at radius 3 is 2.45 bits per heavy atom. The first-order valence-electron chi connectivity index (χ1n) is 5.79. The van der Waals surface area contributed by atoms with E-state index in [1.807, 2.05) is 0 Å². The van der Waals surface area contributed by atoms with Crippen molar-refractivity contribution in [3.8, 4) is 0 Å². The average molecular weight is 302 g/mol. The molecule has 0 aliphatic carbocycles. The fourth-order valence-electron chi connectivity index (χ4n) is 1.72. The first-order valence-corrected chi connectivity index (χ1v) is 6.17. The molecule has 2 N–H and O–H groups in total. The molecule has 2 rings (SSSR count). The van der Waals surface area contributed by atoms with Crippen molar-refractivity contribution in [2.75, 3.05) is 11.9 Å². The summed E-state index contributed by atoms with van der Waals surface area (Å²) in [6, 6.07) is 6.89. The second-order valence-electron chi connectivity index (χ2n) is 4.19. The highest BCUT2D eigenvalue weighted by molar-refractivity contribution is 6.30. The summed E-state index contributed by atoms with van der Waals surface area (Å²) in [5.41, 5.74) is 0.0734. The van der Waals surface area contributed by atoms with E-state index in [0.717, 1.165) is 18.2 Å². The molecule has 0 heterocycles. The van der Waals surface area contributed by atoms with Crippen LogP contribution in [0, 0.1) is 17.5 Å². The molecule has 6 heteroatoms. The number of benzene rings is 2. The number of rotatable bonds is 4. The number of hydrogen-bond donors (Lipinski definition) is 2. The lowest BCUT2D eigenvalue weighted by molar-refractivity contribution is 0.186. The van der Waals surface area contributed by atoms with Gasteiger partial charge in [0.05, 0.1) is 11.8 Å². The zero-order chi connectivity index (χ0) is 14.7. The Labute approximate surface area is 118 Å². The van der Waals surface area contributed by atoms with Gasteiger partial charge in [0.15, 0.2) is 0 Å². The Hall–Kier alpha value is -1.72. The van der Waals surface area contributed by atoms with Crippen LogP contribution in [-0.4, -0.2) is 11.7 Å². The van der Waals surface area contributed by atoms with E-state index in [9.17, 15) is 18.3 Å². The maximum Gasteiger partial charge on any atom is 0.147 e. The van der Waals surface area contributed by atoms with Crippen molar-refractivity contribution >= 4 is 17.3 Å². The summed E-state index contributed by atoms with van der Waals surface area (Å²) < 4.78 is 39.7. The van der Waals surface area contributed by atoms with Gasteiger partial charge in [0.25, 0.3) is 0 Å². The van der Waals surface area contributed by atoms with Gasteiger partial charge >= 0.3 is 0 Å². The van der Waals surface area contributed by atoms with E-state index < -0.39 is 23.6 Å². The second kappa shape index (κ2) is 6.15. The highest BCUT2D eigenvalue weighted by atomic mass is 35.5. The van der Waals surface area contributed by atoms with Crippen molar-refractivity contribution in [1.29, 1.82) is 0 Å². The molecule has 0 aliphatic heterocycles. The Balaban J connectivity index is 2.06. The Morgan fingerprint density at radius 2 is 1.80 bits per heavy atom. The Morgan fingerprint density at radius 1 is 1.05 bits per heavy atom. The third-order valence-corrected chi connectivity index (χ3v) is 2.97. The molecule has 0 bridgehead atoms. The molecule has 0 spiro atoms. The highest BCUT2D eigenvalue weighted by Crippen LogP contribution is 2.22. The third-order valence-electron chi connectivity index (χ3n) is 2.74. The summed E-state index contributed by atoms with van der Waals surface area (Å²) in [7, 11) is 0. The lowest BCUT2D eigenvalue weighted by Gasteiger charge is -2.14. The topological polar surface area (TPSA) is 32.3 Å². The molecule has 2 nitrogen and oxygen atoms in total. The molecule has 0 saturated heterocycles. The molecule has 0 fully saturated rings. The van der Waals surface area contributed by atoms with Crippen LogP contribution in [0.1, 0.15) is 11.7 Å². The van der Waals surface area contributed by atoms with Crippen molar-refractivity contribution in [2.45, 2.75) is 6.10 Å². The summed E-state index contributed by atoms with van der Waals surface area (Å²) in [4.78, 5) is 0. The zero-order valence-electron chi connectivity index (χ0n) is 10.2. The standard InChI is InChI=1S/C14H11ClF3NO/c15-8-1-4-13(12(18)5-8)19-7-14(20)10-3-2-9(16)6-11(10)17/h1-6,14,19-20H,7H2. The molecule has 2 aromatic rings. The van der Waals surface area contributed by atoms with Crippen LogP contribution in [0.4, 0.5) is 18.9 Å². The lowest BCUT2D eigenvalue weighted by atomic mass is 10.1. The number of halogens is 4. The summed E-state index contributed by atoms with van der Waals surface area (Å²) in [5.74, 6) is -2.16. The van der Waals surface area contributed by atoms with Crippen molar-refractivity contribution in [1.82, 2.24) is 0 Å². The van der Waals surface area contributed by atoms with Crippen molar-refractivity contribution in [3.63, 3.8) is 0 Å². The highest BCUT2D eigenvalue weighted by Gasteiger charge is 2.14. The van der Waals surface area contributed by atoms with E-state index >= 15 is 0 Å². The summed E-state index contributed by atoms with van der Waals surface area (Å²) in [6.07, 6.45) is -1.23. The Bertz CT molecular complexity index is 621. The van der Waals surface area contributed by atoms with Gasteiger partial charge < -0.3 is 10.4 Å². The van der Waals surface area contributed by atoms with Crippen molar-refractivity contribution in [3.05, 3.63) is 64.4 Å². The van der Waals surface area contributed by atoms with E-state index in [4.69, 9.17) is 11.6 Å². The minimum atomic E-state index is -1.23. The number of aliphatic hydroxyl groups is 1. The molecule has 0 aromatic heterocycles. The van der Waals surface area contributed by atoms with E-state index in [-0.39, 0.29) is 22.8 Å². The molecule has 0 amide bonds. The van der Waals surface area contributed by atoms with Gasteiger partial charge in [0, 0.05) is 23.2 Å². The predicted molar refractivity (Wildman–Crippen MR) is 71.2 cm³/mol. The van der Waals surface area contributed by atoms with Crippen LogP contribution in [-0.2, 0) is 0 Å². The molecule has 0 radical (unpaired) electrons. The molecule has 0 saturated carbocycles. The van der Waals surface area contributed by atoms with Crippen molar-refractivity contribution in [2.24, 2.45) is 0 Å². The Kier molecular flexibility index (Phi) is 4.52. The average Bonchev–Trinajstić information content (AvgIpc) is 2.37. The third kappa shape index (κ3) is 3.43. The SMILES string of the molecule is OC(CNc1ccc(Cl)cc1F)c1ccc(F)cc1F. The lowest BCUT2D eigenvalue weighted by Crippen LogP contribution is -2.14. The van der Waals surface area contributed by atoms with Gasteiger partial charge in [0.1, 0.15) is 17.5 Å². The molecule has 106 valence electrons. The maximum atomic E-state index is 13.5. The van der Waals surface area contributed by atoms with Gasteiger partial charge in [0.2, 0.25) is 0 Å². The monoisotopic (exact) mass is 301 g/mol. The van der Waals surface area contributed by atoms with Crippen LogP contribution in [0.5, 0.6) is 0 Å². The van der Waals surface area contributed by atoms with Crippen LogP contribution in [0.15, 0.2) is 36.4 Å². The normalized spacial score (nSPS) is 12.2. The smallest absolute Gasteiger partial charge is 0.147 e. The fourth-order valence-corrected chi connectivity index (χ4v) is 1.88. The van der Waals surface area contributed by atoms with Gasteiger partial charge in [-0.2, -0.15) is 0 Å². The molecule has 1 atom stereocenters. The van der Waals surface area contributed by atoms with Crippen molar-refractivity contribution < 1.29 is 18.3 Å².